The molecule has 0 aliphatic rings. The Kier molecular flexibility index (Phi) is 5.98. The molecule has 0 bridgehead atoms. The Morgan fingerprint density at radius 2 is 2.05 bits per heavy atom. The molecule has 19 heavy (non-hydrogen) atoms. The Labute approximate surface area is 113 Å². The molecule has 0 aliphatic heterocycles. The number of nitrogens with one attached hydrogen (secondary N) is 1. The van der Waals surface area contributed by atoms with Gasteiger partial charge >= 0.3 is 5.97 Å². The lowest BCUT2D eigenvalue weighted by atomic mass is 10.1. The first-order chi connectivity index (χ1) is 8.94. The van der Waals surface area contributed by atoms with E-state index in [9.17, 15) is 13.2 Å². The average molecular weight is 285 g/mol. The summed E-state index contributed by atoms with van der Waals surface area (Å²) in [5, 5.41) is 8.84. The highest BCUT2D eigenvalue weighted by Gasteiger charge is 2.10. The summed E-state index contributed by atoms with van der Waals surface area (Å²) in [6, 6.07) is 6.24. The van der Waals surface area contributed by atoms with Crippen molar-refractivity contribution in [1.82, 2.24) is 4.72 Å². The molecule has 0 saturated carbocycles. The standard InChI is InChI=1S/C13H19NO4S/c1-2-3-4-8-19(17,18)14-10-11-6-5-7-12(9-11)13(15)16/h5-7,9,14H,2-4,8,10H2,1H3,(H,15,16). The first-order valence-corrected chi connectivity index (χ1v) is 7.89. The molecule has 0 spiro atoms. The molecule has 0 amide bonds. The number of carboxylic acids is 1. The van der Waals surface area contributed by atoms with Crippen molar-refractivity contribution < 1.29 is 18.3 Å². The number of hydrogen-bond donors (Lipinski definition) is 2. The van der Waals surface area contributed by atoms with Crippen LogP contribution in [0.25, 0.3) is 0 Å². The summed E-state index contributed by atoms with van der Waals surface area (Å²) in [5.74, 6) is -0.910. The third-order valence-electron chi connectivity index (χ3n) is 2.69. The monoisotopic (exact) mass is 285 g/mol. The van der Waals surface area contributed by atoms with Gasteiger partial charge in [0.2, 0.25) is 10.0 Å². The number of aromatic carboxylic acids is 1. The third kappa shape index (κ3) is 5.85. The SMILES string of the molecule is CCCCCS(=O)(=O)NCc1cccc(C(=O)O)c1. The summed E-state index contributed by atoms with van der Waals surface area (Å²) in [5.41, 5.74) is 0.793. The number of carbonyl (C=O) groups is 1. The van der Waals surface area contributed by atoms with Crippen molar-refractivity contribution in [3.63, 3.8) is 0 Å². The number of sulfonamides is 1. The maximum absolute atomic E-state index is 11.7. The number of carboxylic acid groups (broad SMARTS) is 1. The second-order valence-corrected chi connectivity index (χ2v) is 6.28. The van der Waals surface area contributed by atoms with Crippen LogP contribution in [0, 0.1) is 0 Å². The quantitative estimate of drug-likeness (QED) is 0.715. The fraction of sp³-hybridized carbons (Fsp3) is 0.462. The van der Waals surface area contributed by atoms with E-state index < -0.39 is 16.0 Å². The Morgan fingerprint density at radius 1 is 1.32 bits per heavy atom. The maximum Gasteiger partial charge on any atom is 0.335 e. The highest BCUT2D eigenvalue weighted by molar-refractivity contribution is 7.89. The van der Waals surface area contributed by atoms with Gasteiger partial charge in [0.25, 0.3) is 0 Å². The van der Waals surface area contributed by atoms with Crippen molar-refractivity contribution in [3.8, 4) is 0 Å². The molecular formula is C13H19NO4S. The molecule has 1 aromatic rings. The largest absolute Gasteiger partial charge is 0.478 e. The van der Waals surface area contributed by atoms with E-state index in [1.165, 1.54) is 12.1 Å². The number of unbranched alkanes of at least 4 members (excludes halogenated alkanes) is 2. The van der Waals surface area contributed by atoms with Gasteiger partial charge in [0.1, 0.15) is 0 Å². The second-order valence-electron chi connectivity index (χ2n) is 4.35. The van der Waals surface area contributed by atoms with Crippen LogP contribution in [0.1, 0.15) is 42.1 Å². The zero-order chi connectivity index (χ0) is 14.3. The van der Waals surface area contributed by atoms with E-state index in [0.29, 0.717) is 12.0 Å². The molecule has 106 valence electrons. The molecule has 0 fully saturated rings. The summed E-state index contributed by atoms with van der Waals surface area (Å²) in [7, 11) is -3.28. The van der Waals surface area contributed by atoms with Crippen LogP contribution in [0.15, 0.2) is 24.3 Å². The van der Waals surface area contributed by atoms with Gasteiger partial charge in [0.15, 0.2) is 0 Å². The molecule has 1 rings (SSSR count). The van der Waals surface area contributed by atoms with Gasteiger partial charge in [-0.15, -0.1) is 0 Å². The minimum atomic E-state index is -3.28. The van der Waals surface area contributed by atoms with Crippen LogP contribution in [0.4, 0.5) is 0 Å². The van der Waals surface area contributed by atoms with Gasteiger partial charge in [0, 0.05) is 6.54 Å². The van der Waals surface area contributed by atoms with Gasteiger partial charge in [-0.25, -0.2) is 17.9 Å². The molecule has 0 aliphatic carbocycles. The molecule has 0 unspecified atom stereocenters. The lowest BCUT2D eigenvalue weighted by Gasteiger charge is -2.07. The minimum absolute atomic E-state index is 0.111. The summed E-state index contributed by atoms with van der Waals surface area (Å²) in [4.78, 5) is 10.8. The fourth-order valence-corrected chi connectivity index (χ4v) is 2.74. The fourth-order valence-electron chi connectivity index (χ4n) is 1.62. The Hall–Kier alpha value is -1.40. The van der Waals surface area contributed by atoms with Gasteiger partial charge in [0.05, 0.1) is 11.3 Å². The molecule has 0 atom stereocenters. The number of hydrogen-bond acceptors (Lipinski definition) is 3. The molecule has 1 aromatic carbocycles. The summed E-state index contributed by atoms with van der Waals surface area (Å²) in [6.45, 7) is 2.13. The number of rotatable bonds is 8. The van der Waals surface area contributed by atoms with Crippen molar-refractivity contribution in [3.05, 3.63) is 35.4 Å². The van der Waals surface area contributed by atoms with Gasteiger partial charge in [-0.1, -0.05) is 31.9 Å². The van der Waals surface area contributed by atoms with Gasteiger partial charge in [-0.3, -0.25) is 0 Å². The van der Waals surface area contributed by atoms with Crippen molar-refractivity contribution in [2.45, 2.75) is 32.7 Å². The predicted molar refractivity (Wildman–Crippen MR) is 73.6 cm³/mol. The first kappa shape index (κ1) is 15.7. The molecule has 5 nitrogen and oxygen atoms in total. The van der Waals surface area contributed by atoms with Crippen molar-refractivity contribution in [1.29, 1.82) is 0 Å². The molecule has 0 radical (unpaired) electrons. The van der Waals surface area contributed by atoms with Crippen LogP contribution in [0.3, 0.4) is 0 Å². The second kappa shape index (κ2) is 7.25. The summed E-state index contributed by atoms with van der Waals surface area (Å²) < 4.78 is 25.8. The summed E-state index contributed by atoms with van der Waals surface area (Å²) >= 11 is 0. The van der Waals surface area contributed by atoms with Crippen molar-refractivity contribution >= 4 is 16.0 Å². The van der Waals surface area contributed by atoms with E-state index in [4.69, 9.17) is 5.11 Å². The Morgan fingerprint density at radius 3 is 2.68 bits per heavy atom. The maximum atomic E-state index is 11.7. The van der Waals surface area contributed by atoms with E-state index in [0.717, 1.165) is 12.8 Å². The van der Waals surface area contributed by atoms with Crippen LogP contribution in [-0.2, 0) is 16.6 Å². The van der Waals surface area contributed by atoms with Crippen LogP contribution < -0.4 is 4.72 Å². The molecule has 6 heteroatoms. The zero-order valence-corrected chi connectivity index (χ0v) is 11.7. The zero-order valence-electron chi connectivity index (χ0n) is 10.9. The lowest BCUT2D eigenvalue weighted by Crippen LogP contribution is -2.26. The molecular weight excluding hydrogens is 266 g/mol. The van der Waals surface area contributed by atoms with Crippen LogP contribution in [0.2, 0.25) is 0 Å². The van der Waals surface area contributed by atoms with Gasteiger partial charge < -0.3 is 5.11 Å². The Balaban J connectivity index is 2.56. The van der Waals surface area contributed by atoms with E-state index in [1.807, 2.05) is 6.92 Å². The van der Waals surface area contributed by atoms with E-state index >= 15 is 0 Å². The Bertz CT molecular complexity index is 525. The highest BCUT2D eigenvalue weighted by Crippen LogP contribution is 2.06. The smallest absolute Gasteiger partial charge is 0.335 e. The van der Waals surface area contributed by atoms with Gasteiger partial charge in [-0.2, -0.15) is 0 Å². The minimum Gasteiger partial charge on any atom is -0.478 e. The molecule has 2 N–H and O–H groups in total. The number of benzene rings is 1. The van der Waals surface area contributed by atoms with Gasteiger partial charge in [-0.05, 0) is 24.1 Å². The van der Waals surface area contributed by atoms with Crippen molar-refractivity contribution in [2.75, 3.05) is 5.75 Å². The third-order valence-corrected chi connectivity index (χ3v) is 4.10. The van der Waals surface area contributed by atoms with Crippen molar-refractivity contribution in [2.24, 2.45) is 0 Å². The topological polar surface area (TPSA) is 83.5 Å². The lowest BCUT2D eigenvalue weighted by molar-refractivity contribution is 0.0696. The van der Waals surface area contributed by atoms with E-state index in [2.05, 4.69) is 4.72 Å². The average Bonchev–Trinajstić information content (AvgIpc) is 2.37. The predicted octanol–water partition coefficient (Wildman–Crippen LogP) is 1.99. The first-order valence-electron chi connectivity index (χ1n) is 6.24. The normalized spacial score (nSPS) is 11.4. The van der Waals surface area contributed by atoms with E-state index in [1.54, 1.807) is 12.1 Å². The molecule has 0 aromatic heterocycles. The van der Waals surface area contributed by atoms with Crippen LogP contribution >= 0.6 is 0 Å². The summed E-state index contributed by atoms with van der Waals surface area (Å²) in [6.07, 6.45) is 2.49. The van der Waals surface area contributed by atoms with Crippen LogP contribution in [0.5, 0.6) is 0 Å². The molecule has 0 saturated heterocycles. The molecule has 0 heterocycles. The van der Waals surface area contributed by atoms with E-state index in [-0.39, 0.29) is 17.9 Å². The van der Waals surface area contributed by atoms with Crippen LogP contribution in [-0.4, -0.2) is 25.2 Å². The highest BCUT2D eigenvalue weighted by atomic mass is 32.2.